The van der Waals surface area contributed by atoms with Crippen LogP contribution in [0.4, 0.5) is 0 Å². The third-order valence-electron chi connectivity index (χ3n) is 2.62. The summed E-state index contributed by atoms with van der Waals surface area (Å²) < 4.78 is 23.0. The van der Waals surface area contributed by atoms with Crippen LogP contribution in [-0.2, 0) is 9.84 Å². The van der Waals surface area contributed by atoms with E-state index in [-0.39, 0.29) is 16.4 Å². The van der Waals surface area contributed by atoms with Crippen LogP contribution in [0.25, 0.3) is 0 Å². The molecule has 0 aromatic carbocycles. The lowest BCUT2D eigenvalue weighted by Gasteiger charge is -2.25. The largest absolute Gasteiger partial charge is 0.393 e. The van der Waals surface area contributed by atoms with Gasteiger partial charge in [0.05, 0.1) is 17.1 Å². The summed E-state index contributed by atoms with van der Waals surface area (Å²) in [5.41, 5.74) is -0.165. The van der Waals surface area contributed by atoms with Crippen molar-refractivity contribution in [1.82, 2.24) is 0 Å². The number of hydrogen-bond acceptors (Lipinski definition) is 3. The first kappa shape index (κ1) is 14.9. The summed E-state index contributed by atoms with van der Waals surface area (Å²) in [5, 5.41) is 9.41. The van der Waals surface area contributed by atoms with Crippen molar-refractivity contribution in [1.29, 1.82) is 0 Å². The smallest absolute Gasteiger partial charge is 0.152 e. The number of aliphatic hydroxyl groups is 1. The van der Waals surface area contributed by atoms with Gasteiger partial charge in [0.25, 0.3) is 0 Å². The van der Waals surface area contributed by atoms with E-state index in [0.29, 0.717) is 12.8 Å². The van der Waals surface area contributed by atoms with Gasteiger partial charge in [0, 0.05) is 0 Å². The van der Waals surface area contributed by atoms with Crippen LogP contribution in [0.15, 0.2) is 0 Å². The fourth-order valence-electron chi connectivity index (χ4n) is 1.15. The quantitative estimate of drug-likeness (QED) is 0.794. The van der Waals surface area contributed by atoms with E-state index in [1.807, 2.05) is 20.8 Å². The van der Waals surface area contributed by atoms with E-state index >= 15 is 0 Å². The summed E-state index contributed by atoms with van der Waals surface area (Å²) in [6, 6.07) is 0. The van der Waals surface area contributed by atoms with Gasteiger partial charge in [-0.2, -0.15) is 0 Å². The van der Waals surface area contributed by atoms with Crippen LogP contribution in [0.5, 0.6) is 0 Å². The fourth-order valence-corrected chi connectivity index (χ4v) is 2.19. The Hall–Kier alpha value is -0.0900. The molecule has 0 aliphatic carbocycles. The molecule has 0 saturated carbocycles. The molecule has 0 saturated heterocycles. The highest BCUT2D eigenvalue weighted by Crippen LogP contribution is 2.22. The molecule has 1 atom stereocenters. The highest BCUT2D eigenvalue weighted by atomic mass is 32.2. The number of rotatable bonds is 5. The van der Waals surface area contributed by atoms with Crippen molar-refractivity contribution in [2.24, 2.45) is 5.41 Å². The maximum atomic E-state index is 11.5. The van der Waals surface area contributed by atoms with Gasteiger partial charge in [-0.1, -0.05) is 20.8 Å². The van der Waals surface area contributed by atoms with E-state index in [0.717, 1.165) is 0 Å². The minimum absolute atomic E-state index is 0.165. The Labute approximate surface area is 93.8 Å². The summed E-state index contributed by atoms with van der Waals surface area (Å²) in [6.45, 7) is 9.24. The Morgan fingerprint density at radius 1 is 1.20 bits per heavy atom. The first-order valence-electron chi connectivity index (χ1n) is 5.47. The Kier molecular flexibility index (Phi) is 5.27. The molecule has 92 valence electrons. The second kappa shape index (κ2) is 5.30. The van der Waals surface area contributed by atoms with E-state index in [2.05, 4.69) is 0 Å². The first-order valence-corrected chi connectivity index (χ1v) is 7.18. The predicted molar refractivity (Wildman–Crippen MR) is 63.6 cm³/mol. The van der Waals surface area contributed by atoms with E-state index in [1.54, 1.807) is 13.8 Å². The predicted octanol–water partition coefficient (Wildman–Crippen LogP) is 2.00. The van der Waals surface area contributed by atoms with Crippen molar-refractivity contribution in [3.05, 3.63) is 0 Å². The molecule has 0 fully saturated rings. The molecule has 0 heterocycles. The normalized spacial score (nSPS) is 15.7. The van der Waals surface area contributed by atoms with Gasteiger partial charge in [0.2, 0.25) is 0 Å². The van der Waals surface area contributed by atoms with Crippen molar-refractivity contribution < 1.29 is 13.5 Å². The third kappa shape index (κ3) is 5.52. The summed E-state index contributed by atoms with van der Waals surface area (Å²) in [4.78, 5) is 0. The molecular weight excluding hydrogens is 212 g/mol. The fraction of sp³-hybridized carbons (Fsp3) is 1.00. The van der Waals surface area contributed by atoms with Crippen LogP contribution in [-0.4, -0.2) is 30.6 Å². The topological polar surface area (TPSA) is 54.4 Å². The summed E-state index contributed by atoms with van der Waals surface area (Å²) >= 11 is 0. The van der Waals surface area contributed by atoms with Crippen LogP contribution >= 0.6 is 0 Å². The molecule has 0 aliphatic heterocycles. The molecule has 0 aromatic rings. The second-order valence-corrected chi connectivity index (χ2v) is 8.12. The number of aliphatic hydroxyl groups excluding tert-OH is 1. The van der Waals surface area contributed by atoms with Crippen molar-refractivity contribution in [3.8, 4) is 0 Å². The standard InChI is InChI=1S/C11H24O3S/c1-9(2)15(13,14)8-6-7-10(12)11(3,4)5/h9-10,12H,6-8H2,1-5H3. The molecular formula is C11H24O3S. The van der Waals surface area contributed by atoms with Gasteiger partial charge in [-0.25, -0.2) is 8.42 Å². The van der Waals surface area contributed by atoms with E-state index in [1.165, 1.54) is 0 Å². The molecule has 0 aromatic heterocycles. The van der Waals surface area contributed by atoms with Crippen molar-refractivity contribution in [2.45, 2.75) is 58.8 Å². The molecule has 0 radical (unpaired) electrons. The average Bonchev–Trinajstić information content (AvgIpc) is 2.01. The van der Waals surface area contributed by atoms with Crippen molar-refractivity contribution in [3.63, 3.8) is 0 Å². The zero-order chi connectivity index (χ0) is 12.3. The Morgan fingerprint density at radius 3 is 2.00 bits per heavy atom. The molecule has 0 amide bonds. The molecule has 1 N–H and O–H groups in total. The lowest BCUT2D eigenvalue weighted by molar-refractivity contribution is 0.0552. The zero-order valence-corrected chi connectivity index (χ0v) is 11.3. The average molecular weight is 236 g/mol. The molecule has 3 nitrogen and oxygen atoms in total. The molecule has 15 heavy (non-hydrogen) atoms. The Morgan fingerprint density at radius 2 is 1.67 bits per heavy atom. The van der Waals surface area contributed by atoms with Gasteiger partial charge < -0.3 is 5.11 Å². The lowest BCUT2D eigenvalue weighted by Crippen LogP contribution is -2.27. The van der Waals surface area contributed by atoms with E-state index in [4.69, 9.17) is 0 Å². The summed E-state index contributed by atoms with van der Waals surface area (Å²) in [6.07, 6.45) is 0.661. The van der Waals surface area contributed by atoms with Crippen LogP contribution in [0.1, 0.15) is 47.5 Å². The van der Waals surface area contributed by atoms with Crippen molar-refractivity contribution in [2.75, 3.05) is 5.75 Å². The summed E-state index contributed by atoms with van der Waals surface area (Å²) in [5.74, 6) is 0.178. The van der Waals surface area contributed by atoms with Crippen LogP contribution in [0.3, 0.4) is 0 Å². The SMILES string of the molecule is CC(C)S(=O)(=O)CCCC(O)C(C)(C)C. The van der Waals surface area contributed by atoms with Gasteiger partial charge in [0.1, 0.15) is 0 Å². The van der Waals surface area contributed by atoms with Gasteiger partial charge in [-0.3, -0.25) is 0 Å². The monoisotopic (exact) mass is 236 g/mol. The van der Waals surface area contributed by atoms with Gasteiger partial charge in [0.15, 0.2) is 9.84 Å². The minimum atomic E-state index is -2.95. The molecule has 0 rings (SSSR count). The number of hydrogen-bond donors (Lipinski definition) is 1. The highest BCUT2D eigenvalue weighted by molar-refractivity contribution is 7.91. The zero-order valence-electron chi connectivity index (χ0n) is 10.4. The molecule has 0 spiro atoms. The molecule has 4 heteroatoms. The third-order valence-corrected chi connectivity index (χ3v) is 4.92. The minimum Gasteiger partial charge on any atom is -0.393 e. The van der Waals surface area contributed by atoms with Crippen molar-refractivity contribution >= 4 is 9.84 Å². The van der Waals surface area contributed by atoms with Crippen LogP contribution in [0, 0.1) is 5.41 Å². The Balaban J connectivity index is 4.02. The van der Waals surface area contributed by atoms with E-state index in [9.17, 15) is 13.5 Å². The first-order chi connectivity index (χ1) is 6.57. The molecule has 1 unspecified atom stereocenters. The number of sulfone groups is 1. The maximum absolute atomic E-state index is 11.5. The molecule has 0 aliphatic rings. The van der Waals surface area contributed by atoms with E-state index < -0.39 is 15.9 Å². The van der Waals surface area contributed by atoms with Gasteiger partial charge in [-0.05, 0) is 32.1 Å². The van der Waals surface area contributed by atoms with Crippen LogP contribution in [0.2, 0.25) is 0 Å². The molecule has 0 bridgehead atoms. The lowest BCUT2D eigenvalue weighted by atomic mass is 9.87. The highest BCUT2D eigenvalue weighted by Gasteiger charge is 2.23. The maximum Gasteiger partial charge on any atom is 0.152 e. The summed E-state index contributed by atoms with van der Waals surface area (Å²) in [7, 11) is -2.95. The van der Waals surface area contributed by atoms with Crippen LogP contribution < -0.4 is 0 Å². The second-order valence-electron chi connectivity index (χ2n) is 5.44. The van der Waals surface area contributed by atoms with Gasteiger partial charge >= 0.3 is 0 Å². The van der Waals surface area contributed by atoms with Gasteiger partial charge in [-0.15, -0.1) is 0 Å². The Bertz CT molecular complexity index is 273.